The highest BCUT2D eigenvalue weighted by Gasteiger charge is 2.10. The van der Waals surface area contributed by atoms with Crippen LogP contribution in [-0.4, -0.2) is 57.9 Å². The average molecular weight is 277 g/mol. The molecule has 0 amide bonds. The second kappa shape index (κ2) is 8.25. The van der Waals surface area contributed by atoms with Crippen LogP contribution < -0.4 is 10.2 Å². The first-order valence-corrected chi connectivity index (χ1v) is 7.60. The molecular weight excluding hydrogens is 250 g/mol. The summed E-state index contributed by atoms with van der Waals surface area (Å²) in [6, 6.07) is 8.96. The summed E-state index contributed by atoms with van der Waals surface area (Å²) in [5.74, 6) is 0. The van der Waals surface area contributed by atoms with E-state index in [4.69, 9.17) is 4.74 Å². The fourth-order valence-corrected chi connectivity index (χ4v) is 2.47. The van der Waals surface area contributed by atoms with E-state index in [1.54, 1.807) is 0 Å². The zero-order valence-electron chi connectivity index (χ0n) is 12.8. The maximum absolute atomic E-state index is 5.39. The van der Waals surface area contributed by atoms with Gasteiger partial charge in [0.15, 0.2) is 0 Å². The van der Waals surface area contributed by atoms with Crippen LogP contribution in [0.3, 0.4) is 0 Å². The van der Waals surface area contributed by atoms with Gasteiger partial charge in [-0.25, -0.2) is 0 Å². The third-order valence-corrected chi connectivity index (χ3v) is 3.69. The number of nitrogens with one attached hydrogen (secondary N) is 1. The highest BCUT2D eigenvalue weighted by molar-refractivity contribution is 5.47. The Labute approximate surface area is 122 Å². The second-order valence-corrected chi connectivity index (χ2v) is 5.36. The molecule has 1 aliphatic rings. The molecule has 0 aliphatic carbocycles. The fraction of sp³-hybridized carbons (Fsp3) is 0.625. The highest BCUT2D eigenvalue weighted by Crippen LogP contribution is 2.17. The molecule has 0 unspecified atom stereocenters. The van der Waals surface area contributed by atoms with Crippen LogP contribution in [0.15, 0.2) is 24.3 Å². The topological polar surface area (TPSA) is 27.7 Å². The number of hydrogen-bond acceptors (Lipinski definition) is 4. The Morgan fingerprint density at radius 1 is 1.20 bits per heavy atom. The van der Waals surface area contributed by atoms with E-state index in [-0.39, 0.29) is 0 Å². The van der Waals surface area contributed by atoms with Gasteiger partial charge in [-0.05, 0) is 31.3 Å². The van der Waals surface area contributed by atoms with Gasteiger partial charge in [0.2, 0.25) is 0 Å². The Kier molecular flexibility index (Phi) is 6.30. The van der Waals surface area contributed by atoms with Crippen molar-refractivity contribution < 1.29 is 4.74 Å². The van der Waals surface area contributed by atoms with Crippen molar-refractivity contribution in [2.75, 3.05) is 57.9 Å². The Balaban J connectivity index is 1.81. The van der Waals surface area contributed by atoms with Gasteiger partial charge in [0, 0.05) is 38.4 Å². The number of morpholine rings is 1. The van der Waals surface area contributed by atoms with Gasteiger partial charge < -0.3 is 19.9 Å². The van der Waals surface area contributed by atoms with Crippen molar-refractivity contribution in [3.63, 3.8) is 0 Å². The standard InChI is InChI=1S/C16H27N3O/c1-3-17-8-9-18(2)14-15-4-6-16(7-5-15)19-10-12-20-13-11-19/h4-7,17H,3,8-14H2,1-2H3. The van der Waals surface area contributed by atoms with Crippen LogP contribution in [0.4, 0.5) is 5.69 Å². The average Bonchev–Trinajstić information content (AvgIpc) is 2.49. The molecule has 0 radical (unpaired) electrons. The SMILES string of the molecule is CCNCCN(C)Cc1ccc(N2CCOCC2)cc1. The van der Waals surface area contributed by atoms with Gasteiger partial charge in [-0.3, -0.25) is 0 Å². The third-order valence-electron chi connectivity index (χ3n) is 3.69. The van der Waals surface area contributed by atoms with E-state index in [2.05, 4.69) is 53.4 Å². The molecule has 0 aromatic heterocycles. The van der Waals surface area contributed by atoms with Crippen LogP contribution in [0.2, 0.25) is 0 Å². The van der Waals surface area contributed by atoms with Crippen molar-refractivity contribution in [2.45, 2.75) is 13.5 Å². The molecule has 1 aliphatic heterocycles. The minimum atomic E-state index is 0.842. The summed E-state index contributed by atoms with van der Waals surface area (Å²) in [4.78, 5) is 4.74. The van der Waals surface area contributed by atoms with Gasteiger partial charge in [-0.1, -0.05) is 19.1 Å². The van der Waals surface area contributed by atoms with E-state index >= 15 is 0 Å². The summed E-state index contributed by atoms with van der Waals surface area (Å²) in [5.41, 5.74) is 2.69. The lowest BCUT2D eigenvalue weighted by molar-refractivity contribution is 0.122. The van der Waals surface area contributed by atoms with Gasteiger partial charge in [0.25, 0.3) is 0 Å². The van der Waals surface area contributed by atoms with E-state index in [1.807, 2.05) is 0 Å². The molecule has 1 heterocycles. The largest absolute Gasteiger partial charge is 0.378 e. The third kappa shape index (κ3) is 4.78. The molecule has 4 heteroatoms. The predicted octanol–water partition coefficient (Wildman–Crippen LogP) is 1.56. The number of hydrogen-bond donors (Lipinski definition) is 1. The molecule has 112 valence electrons. The van der Waals surface area contributed by atoms with Crippen LogP contribution in [0.25, 0.3) is 0 Å². The molecule has 1 aromatic rings. The van der Waals surface area contributed by atoms with Gasteiger partial charge in [-0.15, -0.1) is 0 Å². The Morgan fingerprint density at radius 2 is 1.90 bits per heavy atom. The van der Waals surface area contributed by atoms with Gasteiger partial charge >= 0.3 is 0 Å². The molecule has 0 bridgehead atoms. The predicted molar refractivity (Wildman–Crippen MR) is 84.4 cm³/mol. The molecule has 1 saturated heterocycles. The first-order chi connectivity index (χ1) is 9.79. The lowest BCUT2D eigenvalue weighted by Gasteiger charge is -2.29. The van der Waals surface area contributed by atoms with Crippen molar-refractivity contribution in [3.8, 4) is 0 Å². The molecule has 0 atom stereocenters. The Morgan fingerprint density at radius 3 is 2.55 bits per heavy atom. The molecule has 0 saturated carbocycles. The first kappa shape index (κ1) is 15.3. The van der Waals surface area contributed by atoms with Crippen LogP contribution >= 0.6 is 0 Å². The van der Waals surface area contributed by atoms with E-state index in [9.17, 15) is 0 Å². The van der Waals surface area contributed by atoms with E-state index in [0.717, 1.165) is 52.5 Å². The molecule has 2 rings (SSSR count). The quantitative estimate of drug-likeness (QED) is 0.766. The van der Waals surface area contributed by atoms with Crippen LogP contribution in [-0.2, 0) is 11.3 Å². The van der Waals surface area contributed by atoms with E-state index in [0.29, 0.717) is 0 Å². The van der Waals surface area contributed by atoms with Crippen LogP contribution in [0.1, 0.15) is 12.5 Å². The normalized spacial score (nSPS) is 15.8. The van der Waals surface area contributed by atoms with E-state index in [1.165, 1.54) is 11.3 Å². The monoisotopic (exact) mass is 277 g/mol. The van der Waals surface area contributed by atoms with Crippen molar-refractivity contribution in [2.24, 2.45) is 0 Å². The summed E-state index contributed by atoms with van der Waals surface area (Å²) < 4.78 is 5.39. The lowest BCUT2D eigenvalue weighted by Crippen LogP contribution is -2.36. The highest BCUT2D eigenvalue weighted by atomic mass is 16.5. The van der Waals surface area contributed by atoms with E-state index < -0.39 is 0 Å². The molecular formula is C16H27N3O. The number of anilines is 1. The summed E-state index contributed by atoms with van der Waals surface area (Å²) in [6.45, 7) is 10.0. The van der Waals surface area contributed by atoms with Gasteiger partial charge in [0.05, 0.1) is 13.2 Å². The van der Waals surface area contributed by atoms with Crippen LogP contribution in [0, 0.1) is 0 Å². The van der Waals surface area contributed by atoms with Gasteiger partial charge in [0.1, 0.15) is 0 Å². The number of nitrogens with zero attached hydrogens (tertiary/aromatic N) is 2. The summed E-state index contributed by atoms with van der Waals surface area (Å²) in [6.07, 6.45) is 0. The minimum Gasteiger partial charge on any atom is -0.378 e. The number of benzene rings is 1. The molecule has 1 fully saturated rings. The fourth-order valence-electron chi connectivity index (χ4n) is 2.47. The minimum absolute atomic E-state index is 0.842. The molecule has 1 N–H and O–H groups in total. The van der Waals surface area contributed by atoms with Crippen LogP contribution in [0.5, 0.6) is 0 Å². The summed E-state index contributed by atoms with van der Waals surface area (Å²) >= 11 is 0. The number of ether oxygens (including phenoxy) is 1. The van der Waals surface area contributed by atoms with Crippen molar-refractivity contribution in [3.05, 3.63) is 29.8 Å². The maximum atomic E-state index is 5.39. The lowest BCUT2D eigenvalue weighted by atomic mass is 10.2. The number of rotatable bonds is 7. The maximum Gasteiger partial charge on any atom is 0.0642 e. The summed E-state index contributed by atoms with van der Waals surface area (Å²) in [5, 5.41) is 3.36. The Bertz CT molecular complexity index is 374. The molecule has 0 spiro atoms. The Hall–Kier alpha value is -1.10. The number of likely N-dealkylation sites (N-methyl/N-ethyl adjacent to an activating group) is 2. The van der Waals surface area contributed by atoms with Crippen molar-refractivity contribution >= 4 is 5.69 Å². The molecule has 20 heavy (non-hydrogen) atoms. The van der Waals surface area contributed by atoms with Gasteiger partial charge in [-0.2, -0.15) is 0 Å². The first-order valence-electron chi connectivity index (χ1n) is 7.60. The van der Waals surface area contributed by atoms with Crippen molar-refractivity contribution in [1.82, 2.24) is 10.2 Å². The zero-order chi connectivity index (χ0) is 14.2. The smallest absolute Gasteiger partial charge is 0.0642 e. The summed E-state index contributed by atoms with van der Waals surface area (Å²) in [7, 11) is 2.17. The van der Waals surface area contributed by atoms with Crippen molar-refractivity contribution in [1.29, 1.82) is 0 Å². The zero-order valence-corrected chi connectivity index (χ0v) is 12.8. The molecule has 1 aromatic carbocycles. The molecule has 4 nitrogen and oxygen atoms in total. The second-order valence-electron chi connectivity index (χ2n) is 5.36.